The van der Waals surface area contributed by atoms with Crippen LogP contribution in [0.5, 0.6) is 0 Å². The molecule has 1 nitrogen and oxygen atoms in total. The molecule has 0 aromatic carbocycles. The molecule has 1 saturated carbocycles. The number of rotatable bonds is 2. The Morgan fingerprint density at radius 1 is 1.18 bits per heavy atom. The molecule has 0 aromatic rings. The molecule has 1 fully saturated rings. The summed E-state index contributed by atoms with van der Waals surface area (Å²) in [6, 6.07) is 0.812. The molecule has 2 unspecified atom stereocenters. The van der Waals surface area contributed by atoms with Gasteiger partial charge in [-0.1, -0.05) is 26.2 Å². The van der Waals surface area contributed by atoms with Gasteiger partial charge in [0, 0.05) is 6.04 Å². The molecule has 0 spiro atoms. The molecule has 0 aromatic heterocycles. The van der Waals surface area contributed by atoms with E-state index in [1.54, 1.807) is 0 Å². The molecule has 11 heavy (non-hydrogen) atoms. The smallest absolute Gasteiger partial charge is 0.00641 e. The van der Waals surface area contributed by atoms with E-state index in [0.717, 1.165) is 12.0 Å². The van der Waals surface area contributed by atoms with Crippen LogP contribution in [0.4, 0.5) is 0 Å². The first kappa shape index (κ1) is 9.05. The molecule has 1 N–H and O–H groups in total. The lowest BCUT2D eigenvalue weighted by molar-refractivity contribution is 0.435. The summed E-state index contributed by atoms with van der Waals surface area (Å²) in [6.45, 7) is 2.32. The Morgan fingerprint density at radius 3 is 2.64 bits per heavy atom. The molecule has 0 aliphatic heterocycles. The van der Waals surface area contributed by atoms with Gasteiger partial charge in [-0.3, -0.25) is 0 Å². The zero-order valence-electron chi connectivity index (χ0n) is 7.90. The molecule has 0 heterocycles. The number of hydrogen-bond donors (Lipinski definition) is 1. The van der Waals surface area contributed by atoms with E-state index in [0.29, 0.717) is 0 Å². The van der Waals surface area contributed by atoms with Crippen LogP contribution in [0.1, 0.15) is 45.4 Å². The largest absolute Gasteiger partial charge is 0.317 e. The molecule has 1 aliphatic rings. The molecule has 66 valence electrons. The number of hydrogen-bond acceptors (Lipinski definition) is 1. The van der Waals surface area contributed by atoms with Crippen molar-refractivity contribution in [2.45, 2.75) is 51.5 Å². The summed E-state index contributed by atoms with van der Waals surface area (Å²) in [7, 11) is 2.09. The van der Waals surface area contributed by atoms with E-state index in [1.807, 2.05) is 0 Å². The molecule has 2 atom stereocenters. The average Bonchev–Trinajstić information content (AvgIpc) is 2.28. The summed E-state index contributed by atoms with van der Waals surface area (Å²) in [4.78, 5) is 0. The highest BCUT2D eigenvalue weighted by molar-refractivity contribution is 4.72. The molecule has 0 radical (unpaired) electrons. The predicted octanol–water partition coefficient (Wildman–Crippen LogP) is 2.56. The molecule has 1 rings (SSSR count). The molecule has 0 saturated heterocycles. The van der Waals surface area contributed by atoms with Crippen molar-refractivity contribution < 1.29 is 0 Å². The Hall–Kier alpha value is -0.0400. The molecule has 0 amide bonds. The van der Waals surface area contributed by atoms with Crippen LogP contribution in [-0.4, -0.2) is 13.1 Å². The zero-order valence-corrected chi connectivity index (χ0v) is 7.90. The first-order valence-corrected chi connectivity index (χ1v) is 5.04. The van der Waals surface area contributed by atoms with Gasteiger partial charge in [0.25, 0.3) is 0 Å². The quantitative estimate of drug-likeness (QED) is 0.604. The van der Waals surface area contributed by atoms with Crippen molar-refractivity contribution in [1.29, 1.82) is 0 Å². The predicted molar refractivity (Wildman–Crippen MR) is 49.7 cm³/mol. The monoisotopic (exact) mass is 155 g/mol. The van der Waals surface area contributed by atoms with Crippen LogP contribution in [0.25, 0.3) is 0 Å². The first-order valence-electron chi connectivity index (χ1n) is 5.04. The van der Waals surface area contributed by atoms with Gasteiger partial charge < -0.3 is 5.32 Å². The summed E-state index contributed by atoms with van der Waals surface area (Å²) < 4.78 is 0. The Kier molecular flexibility index (Phi) is 3.92. The van der Waals surface area contributed by atoms with E-state index in [-0.39, 0.29) is 0 Å². The molecule has 0 bridgehead atoms. The second-order valence-corrected chi connectivity index (χ2v) is 3.77. The maximum absolute atomic E-state index is 3.39. The third-order valence-corrected chi connectivity index (χ3v) is 3.07. The van der Waals surface area contributed by atoms with Crippen molar-refractivity contribution in [2.75, 3.05) is 7.05 Å². The second-order valence-electron chi connectivity index (χ2n) is 3.77. The molecule has 1 heteroatoms. The normalized spacial score (nSPS) is 33.3. The van der Waals surface area contributed by atoms with Gasteiger partial charge in [-0.05, 0) is 32.2 Å². The average molecular weight is 155 g/mol. The van der Waals surface area contributed by atoms with Crippen LogP contribution in [0.3, 0.4) is 0 Å². The third-order valence-electron chi connectivity index (χ3n) is 3.07. The summed E-state index contributed by atoms with van der Waals surface area (Å²) in [6.07, 6.45) is 8.53. The van der Waals surface area contributed by atoms with Gasteiger partial charge in [-0.25, -0.2) is 0 Å². The van der Waals surface area contributed by atoms with Gasteiger partial charge in [-0.15, -0.1) is 0 Å². The zero-order chi connectivity index (χ0) is 8.10. The fourth-order valence-electron chi connectivity index (χ4n) is 2.08. The van der Waals surface area contributed by atoms with Crippen molar-refractivity contribution in [3.05, 3.63) is 0 Å². The second kappa shape index (κ2) is 4.76. The first-order chi connectivity index (χ1) is 5.36. The summed E-state index contributed by atoms with van der Waals surface area (Å²) in [5.74, 6) is 1.02. The lowest BCUT2D eigenvalue weighted by Crippen LogP contribution is -2.23. The van der Waals surface area contributed by atoms with E-state index in [4.69, 9.17) is 0 Å². The van der Waals surface area contributed by atoms with Gasteiger partial charge >= 0.3 is 0 Å². The minimum atomic E-state index is 0.812. The highest BCUT2D eigenvalue weighted by Gasteiger charge is 2.15. The molecule has 1 aliphatic carbocycles. The van der Waals surface area contributed by atoms with Gasteiger partial charge in [0.05, 0.1) is 0 Å². The van der Waals surface area contributed by atoms with Crippen molar-refractivity contribution in [1.82, 2.24) is 5.32 Å². The molecular formula is C10H21N. The standard InChI is InChI=1S/C10H21N/c1-3-9-5-4-6-10(11-2)8-7-9/h9-11H,3-8H2,1-2H3. The molecular weight excluding hydrogens is 134 g/mol. The van der Waals surface area contributed by atoms with Crippen LogP contribution < -0.4 is 5.32 Å². The Morgan fingerprint density at radius 2 is 2.00 bits per heavy atom. The van der Waals surface area contributed by atoms with Crippen LogP contribution in [0.15, 0.2) is 0 Å². The topological polar surface area (TPSA) is 12.0 Å². The van der Waals surface area contributed by atoms with E-state index >= 15 is 0 Å². The summed E-state index contributed by atoms with van der Waals surface area (Å²) in [5.41, 5.74) is 0. The van der Waals surface area contributed by atoms with Gasteiger partial charge in [0.2, 0.25) is 0 Å². The minimum Gasteiger partial charge on any atom is -0.317 e. The Bertz CT molecular complexity index is 89.0. The lowest BCUT2D eigenvalue weighted by atomic mass is 9.98. The van der Waals surface area contributed by atoms with E-state index in [2.05, 4.69) is 19.3 Å². The number of nitrogens with one attached hydrogen (secondary N) is 1. The summed E-state index contributed by atoms with van der Waals surface area (Å²) >= 11 is 0. The van der Waals surface area contributed by atoms with Crippen LogP contribution in [0.2, 0.25) is 0 Å². The van der Waals surface area contributed by atoms with Crippen LogP contribution >= 0.6 is 0 Å². The SMILES string of the molecule is CCC1CCCC(NC)CC1. The summed E-state index contributed by atoms with van der Waals surface area (Å²) in [5, 5.41) is 3.39. The van der Waals surface area contributed by atoms with Gasteiger partial charge in [0.1, 0.15) is 0 Å². The fraction of sp³-hybridized carbons (Fsp3) is 1.00. The third kappa shape index (κ3) is 2.82. The fourth-order valence-corrected chi connectivity index (χ4v) is 2.08. The van der Waals surface area contributed by atoms with Crippen molar-refractivity contribution in [3.63, 3.8) is 0 Å². The van der Waals surface area contributed by atoms with E-state index < -0.39 is 0 Å². The van der Waals surface area contributed by atoms with E-state index in [1.165, 1.54) is 38.5 Å². The highest BCUT2D eigenvalue weighted by Crippen LogP contribution is 2.24. The van der Waals surface area contributed by atoms with Crippen LogP contribution in [0, 0.1) is 5.92 Å². The maximum Gasteiger partial charge on any atom is 0.00641 e. The Labute approximate surface area is 70.6 Å². The van der Waals surface area contributed by atoms with Crippen molar-refractivity contribution in [3.8, 4) is 0 Å². The minimum absolute atomic E-state index is 0.812. The van der Waals surface area contributed by atoms with Crippen molar-refractivity contribution >= 4 is 0 Å². The Balaban J connectivity index is 2.27. The van der Waals surface area contributed by atoms with E-state index in [9.17, 15) is 0 Å². The van der Waals surface area contributed by atoms with Crippen LogP contribution in [-0.2, 0) is 0 Å². The van der Waals surface area contributed by atoms with Crippen molar-refractivity contribution in [2.24, 2.45) is 5.92 Å². The van der Waals surface area contributed by atoms with Gasteiger partial charge in [-0.2, -0.15) is 0 Å². The maximum atomic E-state index is 3.39. The van der Waals surface area contributed by atoms with Gasteiger partial charge in [0.15, 0.2) is 0 Å². The highest BCUT2D eigenvalue weighted by atomic mass is 14.9. The lowest BCUT2D eigenvalue weighted by Gasteiger charge is -2.12.